The van der Waals surface area contributed by atoms with Crippen LogP contribution in [0.3, 0.4) is 0 Å². The summed E-state index contributed by atoms with van der Waals surface area (Å²) in [4.78, 5) is 4.61. The summed E-state index contributed by atoms with van der Waals surface area (Å²) in [5.74, 6) is 1.26. The number of anilines is 1. The van der Waals surface area contributed by atoms with Gasteiger partial charge in [0.15, 0.2) is 5.96 Å². The molecule has 0 unspecified atom stereocenters. The number of guanidine groups is 1. The van der Waals surface area contributed by atoms with Crippen LogP contribution in [0.1, 0.15) is 24.8 Å². The van der Waals surface area contributed by atoms with E-state index in [-0.39, 0.29) is 29.4 Å². The Morgan fingerprint density at radius 1 is 1.16 bits per heavy atom. The zero-order valence-electron chi connectivity index (χ0n) is 14.6. The highest BCUT2D eigenvalue weighted by molar-refractivity contribution is 14.0. The highest BCUT2D eigenvalue weighted by Gasteiger charge is 2.36. The first-order valence-corrected chi connectivity index (χ1v) is 8.44. The minimum atomic E-state index is 0. The zero-order valence-corrected chi connectivity index (χ0v) is 16.9. The molecule has 1 fully saturated rings. The summed E-state index contributed by atoms with van der Waals surface area (Å²) in [6.45, 7) is 0.769. The maximum Gasteiger partial charge on any atom is 0.193 e. The molecule has 0 heterocycles. The molecular weight excluding hydrogens is 425 g/mol. The van der Waals surface area contributed by atoms with E-state index >= 15 is 0 Å². The highest BCUT2D eigenvalue weighted by atomic mass is 127. The lowest BCUT2D eigenvalue weighted by molar-refractivity contribution is 0.145. The Morgan fingerprint density at radius 2 is 1.92 bits per heavy atom. The van der Waals surface area contributed by atoms with Gasteiger partial charge >= 0.3 is 0 Å². The first-order valence-electron chi connectivity index (χ1n) is 8.44. The third-order valence-electron chi connectivity index (χ3n) is 4.76. The summed E-state index contributed by atoms with van der Waals surface area (Å²) < 4.78 is 5.22. The molecule has 3 rings (SSSR count). The van der Waals surface area contributed by atoms with Crippen LogP contribution in [-0.2, 0) is 6.42 Å². The average Bonchev–Trinajstić information content (AvgIpc) is 2.58. The molecule has 25 heavy (non-hydrogen) atoms. The highest BCUT2D eigenvalue weighted by Crippen LogP contribution is 2.44. The molecular formula is C20H26IN3O. The second-order valence-electron chi connectivity index (χ2n) is 6.57. The Hall–Kier alpha value is -1.76. The lowest BCUT2D eigenvalue weighted by Crippen LogP contribution is -2.36. The van der Waals surface area contributed by atoms with E-state index in [0.29, 0.717) is 5.96 Å². The minimum Gasteiger partial charge on any atom is -0.497 e. The van der Waals surface area contributed by atoms with Gasteiger partial charge in [-0.1, -0.05) is 42.8 Å². The molecule has 0 atom stereocenters. The fourth-order valence-corrected chi connectivity index (χ4v) is 3.24. The van der Waals surface area contributed by atoms with Crippen molar-refractivity contribution in [1.82, 2.24) is 0 Å². The summed E-state index contributed by atoms with van der Waals surface area (Å²) in [5.41, 5.74) is 8.61. The molecule has 4 nitrogen and oxygen atoms in total. The monoisotopic (exact) mass is 451 g/mol. The van der Waals surface area contributed by atoms with E-state index in [2.05, 4.69) is 40.6 Å². The van der Waals surface area contributed by atoms with E-state index in [0.717, 1.165) is 24.4 Å². The lowest BCUT2D eigenvalue weighted by Gasteiger charge is -2.41. The Morgan fingerprint density at radius 3 is 2.56 bits per heavy atom. The van der Waals surface area contributed by atoms with Gasteiger partial charge in [0, 0.05) is 18.3 Å². The van der Waals surface area contributed by atoms with Crippen molar-refractivity contribution >= 4 is 35.6 Å². The van der Waals surface area contributed by atoms with Crippen LogP contribution in [0.25, 0.3) is 0 Å². The number of rotatable bonds is 6. The van der Waals surface area contributed by atoms with Crippen LogP contribution < -0.4 is 15.8 Å². The van der Waals surface area contributed by atoms with Crippen molar-refractivity contribution in [1.29, 1.82) is 0 Å². The van der Waals surface area contributed by atoms with E-state index in [1.807, 2.05) is 24.3 Å². The number of ether oxygens (including phenoxy) is 1. The molecule has 2 aromatic rings. The molecule has 3 N–H and O–H groups in total. The van der Waals surface area contributed by atoms with Gasteiger partial charge in [-0.05, 0) is 42.4 Å². The quantitative estimate of drug-likeness (QED) is 0.388. The SMILES string of the molecule is COc1cccc(NC(N)=NCC2(Cc3ccccc3)CCC2)c1.I. The van der Waals surface area contributed by atoms with E-state index < -0.39 is 0 Å². The maximum atomic E-state index is 6.07. The lowest BCUT2D eigenvalue weighted by atomic mass is 9.65. The Labute approximate surface area is 166 Å². The minimum absolute atomic E-state index is 0. The number of methoxy groups -OCH3 is 1. The Kier molecular flexibility index (Phi) is 7.11. The van der Waals surface area contributed by atoms with Gasteiger partial charge in [-0.25, -0.2) is 0 Å². The summed E-state index contributed by atoms with van der Waals surface area (Å²) >= 11 is 0. The van der Waals surface area contributed by atoms with Crippen molar-refractivity contribution in [2.75, 3.05) is 19.0 Å². The van der Waals surface area contributed by atoms with Crippen LogP contribution in [0.15, 0.2) is 59.6 Å². The second kappa shape index (κ2) is 9.08. The fourth-order valence-electron chi connectivity index (χ4n) is 3.24. The molecule has 0 saturated heterocycles. The predicted molar refractivity (Wildman–Crippen MR) is 115 cm³/mol. The molecule has 0 aliphatic heterocycles. The molecule has 1 aliphatic carbocycles. The summed E-state index contributed by atoms with van der Waals surface area (Å²) in [5, 5.41) is 3.15. The summed E-state index contributed by atoms with van der Waals surface area (Å²) in [6, 6.07) is 18.3. The zero-order chi connectivity index (χ0) is 16.8. The first-order chi connectivity index (χ1) is 11.7. The van der Waals surface area contributed by atoms with E-state index in [9.17, 15) is 0 Å². The number of hydrogen-bond acceptors (Lipinski definition) is 2. The van der Waals surface area contributed by atoms with Gasteiger partial charge in [0.1, 0.15) is 5.75 Å². The number of nitrogens with zero attached hydrogens (tertiary/aromatic N) is 1. The molecule has 1 aliphatic rings. The fraction of sp³-hybridized carbons (Fsp3) is 0.350. The van der Waals surface area contributed by atoms with Crippen molar-refractivity contribution in [3.05, 3.63) is 60.2 Å². The van der Waals surface area contributed by atoms with Crippen LogP contribution in [-0.4, -0.2) is 19.6 Å². The second-order valence-corrected chi connectivity index (χ2v) is 6.57. The van der Waals surface area contributed by atoms with E-state index in [1.54, 1.807) is 7.11 Å². The largest absolute Gasteiger partial charge is 0.497 e. The standard InChI is InChI=1S/C20H25N3O.HI/c1-24-18-10-5-9-17(13-18)23-19(21)22-15-20(11-6-12-20)14-16-7-3-2-4-8-16;/h2-5,7-10,13H,6,11-12,14-15H2,1H3,(H3,21,22,23);1H. The molecule has 0 spiro atoms. The topological polar surface area (TPSA) is 59.6 Å². The normalized spacial score (nSPS) is 15.6. The average molecular weight is 451 g/mol. The third kappa shape index (κ3) is 5.36. The predicted octanol–water partition coefficient (Wildman–Crippen LogP) is 4.45. The molecule has 134 valence electrons. The van der Waals surface area contributed by atoms with Gasteiger partial charge in [-0.3, -0.25) is 4.99 Å². The summed E-state index contributed by atoms with van der Waals surface area (Å²) in [7, 11) is 1.65. The van der Waals surface area contributed by atoms with Gasteiger partial charge in [0.2, 0.25) is 0 Å². The number of halogens is 1. The third-order valence-corrected chi connectivity index (χ3v) is 4.76. The van der Waals surface area contributed by atoms with Crippen molar-refractivity contribution in [2.24, 2.45) is 16.1 Å². The maximum absolute atomic E-state index is 6.07. The van der Waals surface area contributed by atoms with Crippen LogP contribution in [0.5, 0.6) is 5.75 Å². The molecule has 2 aromatic carbocycles. The van der Waals surface area contributed by atoms with Crippen LogP contribution in [0, 0.1) is 5.41 Å². The Balaban J connectivity index is 0.00000225. The summed E-state index contributed by atoms with van der Waals surface area (Å²) in [6.07, 6.45) is 4.80. The van der Waals surface area contributed by atoms with Crippen LogP contribution >= 0.6 is 24.0 Å². The number of hydrogen-bond donors (Lipinski definition) is 2. The molecule has 0 aromatic heterocycles. The number of nitrogens with two attached hydrogens (primary N) is 1. The van der Waals surface area contributed by atoms with Crippen LogP contribution in [0.2, 0.25) is 0 Å². The van der Waals surface area contributed by atoms with Crippen molar-refractivity contribution in [3.8, 4) is 5.75 Å². The molecule has 0 radical (unpaired) electrons. The number of benzene rings is 2. The molecule has 0 bridgehead atoms. The number of aliphatic imine (C=N–C) groups is 1. The number of nitrogens with one attached hydrogen (secondary N) is 1. The van der Waals surface area contributed by atoms with Gasteiger partial charge in [-0.15, -0.1) is 24.0 Å². The van der Waals surface area contributed by atoms with Crippen molar-refractivity contribution in [3.63, 3.8) is 0 Å². The first kappa shape index (κ1) is 19.6. The van der Waals surface area contributed by atoms with Gasteiger partial charge in [-0.2, -0.15) is 0 Å². The van der Waals surface area contributed by atoms with E-state index in [1.165, 1.54) is 24.8 Å². The van der Waals surface area contributed by atoms with Gasteiger partial charge in [0.05, 0.1) is 7.11 Å². The van der Waals surface area contributed by atoms with E-state index in [4.69, 9.17) is 10.5 Å². The Bertz CT molecular complexity index is 699. The molecule has 5 heteroatoms. The molecule has 1 saturated carbocycles. The van der Waals surface area contributed by atoms with Gasteiger partial charge in [0.25, 0.3) is 0 Å². The smallest absolute Gasteiger partial charge is 0.193 e. The van der Waals surface area contributed by atoms with Gasteiger partial charge < -0.3 is 15.8 Å². The van der Waals surface area contributed by atoms with Crippen molar-refractivity contribution < 1.29 is 4.74 Å². The van der Waals surface area contributed by atoms with Crippen molar-refractivity contribution in [2.45, 2.75) is 25.7 Å². The molecule has 0 amide bonds. The van der Waals surface area contributed by atoms with Crippen LogP contribution in [0.4, 0.5) is 5.69 Å².